The van der Waals surface area contributed by atoms with Gasteiger partial charge >= 0.3 is 0 Å². The van der Waals surface area contributed by atoms with Gasteiger partial charge in [0.2, 0.25) is 0 Å². The van der Waals surface area contributed by atoms with E-state index >= 15 is 0 Å². The molecule has 3 rings (SSSR count). The number of benzene rings is 3. The normalized spacial score (nSPS) is 9.26. The molecule has 23 heavy (non-hydrogen) atoms. The van der Waals surface area contributed by atoms with Crippen molar-refractivity contribution in [2.75, 3.05) is 7.11 Å². The quantitative estimate of drug-likeness (QED) is 0.638. The minimum Gasteiger partial charge on any atom is -0.400 e. The topological polar surface area (TPSA) is 20.2 Å². The van der Waals surface area contributed by atoms with E-state index in [0.717, 1.165) is 7.11 Å². The Balaban J connectivity index is 0.000000615. The largest absolute Gasteiger partial charge is 0.400 e. The number of aliphatic hydroxyl groups excluding tert-OH is 1. The van der Waals surface area contributed by atoms with E-state index in [-0.39, 0.29) is 10.9 Å². The molecule has 0 bridgehead atoms. The molecule has 3 aromatic carbocycles. The molecule has 0 unspecified atom stereocenters. The molecule has 2 heteroatoms. The predicted octanol–water partition coefficient (Wildman–Crippen LogP) is 5.42. The van der Waals surface area contributed by atoms with Crippen molar-refractivity contribution in [2.45, 2.75) is 28.5 Å². The molecule has 3 aromatic rings. The second-order valence-electron chi connectivity index (χ2n) is 4.25. The van der Waals surface area contributed by atoms with E-state index in [1.54, 1.807) is 0 Å². The maximum atomic E-state index is 7.00. The summed E-state index contributed by atoms with van der Waals surface area (Å²) in [6.07, 6.45) is 0. The van der Waals surface area contributed by atoms with Crippen molar-refractivity contribution in [3.8, 4) is 0 Å². The molecule has 0 aliphatic rings. The van der Waals surface area contributed by atoms with Gasteiger partial charge in [-0.15, -0.1) is 0 Å². The molecule has 0 saturated heterocycles. The molecule has 1 nitrogen and oxygen atoms in total. The van der Waals surface area contributed by atoms with Gasteiger partial charge < -0.3 is 5.11 Å². The molecule has 0 amide bonds. The molecule has 0 atom stereocenters. The van der Waals surface area contributed by atoms with Crippen LogP contribution in [-0.2, 0) is 10.9 Å². The summed E-state index contributed by atoms with van der Waals surface area (Å²) in [7, 11) is 0.985. The molecule has 0 radical (unpaired) electrons. The lowest BCUT2D eigenvalue weighted by Gasteiger charge is -2.07. The molecule has 120 valence electrons. The highest BCUT2D eigenvalue weighted by atomic mass is 32.2. The molecule has 0 aromatic heterocycles. The summed E-state index contributed by atoms with van der Waals surface area (Å²) in [6.45, 7) is 4.00. The van der Waals surface area contributed by atoms with Crippen molar-refractivity contribution in [1.29, 1.82) is 0 Å². The lowest BCUT2D eigenvalue weighted by molar-refractivity contribution is 0.399. The average molecular weight is 325 g/mol. The summed E-state index contributed by atoms with van der Waals surface area (Å²) in [5.74, 6) is 0. The van der Waals surface area contributed by atoms with Gasteiger partial charge in [0.1, 0.15) is 0 Å². The highest BCUT2D eigenvalue weighted by Crippen LogP contribution is 2.30. The first-order valence-corrected chi connectivity index (χ1v) is 9.02. The third-order valence-corrected chi connectivity index (χ3v) is 5.17. The summed E-state index contributed by atoms with van der Waals surface area (Å²) < 4.78 is 0. The lowest BCUT2D eigenvalue weighted by Crippen LogP contribution is -2.04. The van der Waals surface area contributed by atoms with Gasteiger partial charge in [-0.1, -0.05) is 68.4 Å². The molecule has 0 heterocycles. The summed E-state index contributed by atoms with van der Waals surface area (Å²) in [5.41, 5.74) is 0. The Hall–Kier alpha value is -2.03. The SMILES string of the molecule is CC.CO.c1ccc([S+](c2ccccc2)c2ccccc2)cc1. The second-order valence-corrected chi connectivity index (χ2v) is 6.27. The Labute approximate surface area is 143 Å². The van der Waals surface area contributed by atoms with Gasteiger partial charge in [0.15, 0.2) is 14.7 Å². The summed E-state index contributed by atoms with van der Waals surface area (Å²) >= 11 is 0. The number of hydrogen-bond donors (Lipinski definition) is 1. The van der Waals surface area contributed by atoms with Crippen LogP contribution in [0.5, 0.6) is 0 Å². The van der Waals surface area contributed by atoms with Crippen molar-refractivity contribution < 1.29 is 5.11 Å². The number of hydrogen-bond acceptors (Lipinski definition) is 1. The first-order chi connectivity index (χ1) is 11.4. The fourth-order valence-electron chi connectivity index (χ4n) is 2.08. The standard InChI is InChI=1S/C18H15S.C2H6.CH4O/c1-4-10-16(11-5-1)19(17-12-6-2-7-13-17)18-14-8-3-9-15-18;2*1-2/h1-15H;1-2H3;2H,1H3/q+1;;. The van der Waals surface area contributed by atoms with Gasteiger partial charge in [0, 0.05) is 7.11 Å². The van der Waals surface area contributed by atoms with Crippen LogP contribution in [0.15, 0.2) is 106 Å². The highest BCUT2D eigenvalue weighted by molar-refractivity contribution is 7.97. The number of aliphatic hydroxyl groups is 1. The van der Waals surface area contributed by atoms with Gasteiger partial charge in [0.25, 0.3) is 0 Å². The third-order valence-electron chi connectivity index (χ3n) is 2.94. The minimum absolute atomic E-state index is 0.0146. The first kappa shape index (κ1) is 19.0. The zero-order chi connectivity index (χ0) is 16.9. The van der Waals surface area contributed by atoms with E-state index in [2.05, 4.69) is 91.0 Å². The Morgan fingerprint density at radius 3 is 0.913 bits per heavy atom. The van der Waals surface area contributed by atoms with E-state index < -0.39 is 0 Å². The van der Waals surface area contributed by atoms with Gasteiger partial charge in [-0.2, -0.15) is 0 Å². The van der Waals surface area contributed by atoms with E-state index in [4.69, 9.17) is 5.11 Å². The molecule has 0 fully saturated rings. The maximum absolute atomic E-state index is 7.00. The van der Waals surface area contributed by atoms with Crippen LogP contribution >= 0.6 is 0 Å². The van der Waals surface area contributed by atoms with Crippen LogP contribution in [0.2, 0.25) is 0 Å². The fourth-order valence-corrected chi connectivity index (χ4v) is 4.18. The average Bonchev–Trinajstić information content (AvgIpc) is 2.68. The molecule has 0 spiro atoms. The molecular formula is C21H25OS+. The van der Waals surface area contributed by atoms with Gasteiger partial charge in [0.05, 0.1) is 10.9 Å². The molecule has 0 saturated carbocycles. The molecular weight excluding hydrogens is 300 g/mol. The summed E-state index contributed by atoms with van der Waals surface area (Å²) in [6, 6.07) is 32.2. The Morgan fingerprint density at radius 1 is 0.478 bits per heavy atom. The molecule has 0 aliphatic carbocycles. The smallest absolute Gasteiger partial charge is 0.166 e. The van der Waals surface area contributed by atoms with Crippen LogP contribution in [0.25, 0.3) is 0 Å². The predicted molar refractivity (Wildman–Crippen MR) is 101 cm³/mol. The van der Waals surface area contributed by atoms with E-state index in [1.165, 1.54) is 14.7 Å². The van der Waals surface area contributed by atoms with Crippen molar-refractivity contribution in [1.82, 2.24) is 0 Å². The Kier molecular flexibility index (Phi) is 9.53. The van der Waals surface area contributed by atoms with Gasteiger partial charge in [-0.25, -0.2) is 0 Å². The summed E-state index contributed by atoms with van der Waals surface area (Å²) in [5, 5.41) is 7.00. The minimum atomic E-state index is -0.0146. The van der Waals surface area contributed by atoms with Crippen molar-refractivity contribution in [2.24, 2.45) is 0 Å². The summed E-state index contributed by atoms with van der Waals surface area (Å²) in [4.78, 5) is 4.08. The monoisotopic (exact) mass is 325 g/mol. The molecule has 0 aliphatic heterocycles. The van der Waals surface area contributed by atoms with Crippen LogP contribution < -0.4 is 0 Å². The lowest BCUT2D eigenvalue weighted by atomic mass is 10.4. The van der Waals surface area contributed by atoms with Crippen LogP contribution in [0.1, 0.15) is 13.8 Å². The zero-order valence-corrected chi connectivity index (χ0v) is 14.8. The Bertz CT molecular complexity index is 530. The number of rotatable bonds is 3. The van der Waals surface area contributed by atoms with Gasteiger partial charge in [-0.3, -0.25) is 0 Å². The zero-order valence-electron chi connectivity index (χ0n) is 14.0. The van der Waals surface area contributed by atoms with E-state index in [1.807, 2.05) is 13.8 Å². The Morgan fingerprint density at radius 2 is 0.696 bits per heavy atom. The van der Waals surface area contributed by atoms with Crippen LogP contribution in [0.3, 0.4) is 0 Å². The van der Waals surface area contributed by atoms with Crippen LogP contribution in [0, 0.1) is 0 Å². The first-order valence-electron chi connectivity index (χ1n) is 7.79. The third kappa shape index (κ3) is 5.59. The second kappa shape index (κ2) is 11.5. The maximum Gasteiger partial charge on any atom is 0.166 e. The fraction of sp³-hybridized carbons (Fsp3) is 0.143. The van der Waals surface area contributed by atoms with Crippen LogP contribution in [0.4, 0.5) is 0 Å². The van der Waals surface area contributed by atoms with Crippen molar-refractivity contribution >= 4 is 10.9 Å². The van der Waals surface area contributed by atoms with E-state index in [9.17, 15) is 0 Å². The van der Waals surface area contributed by atoms with Crippen molar-refractivity contribution in [3.63, 3.8) is 0 Å². The van der Waals surface area contributed by atoms with E-state index in [0.29, 0.717) is 0 Å². The molecule has 1 N–H and O–H groups in total. The van der Waals surface area contributed by atoms with Crippen LogP contribution in [-0.4, -0.2) is 12.2 Å². The van der Waals surface area contributed by atoms with Crippen molar-refractivity contribution in [3.05, 3.63) is 91.0 Å². The highest BCUT2D eigenvalue weighted by Gasteiger charge is 2.27. The van der Waals surface area contributed by atoms with Gasteiger partial charge in [-0.05, 0) is 36.4 Å².